The molecule has 4 aliphatic rings. The fourth-order valence-corrected chi connectivity index (χ4v) is 9.15. The Morgan fingerprint density at radius 2 is 1.72 bits per heavy atom. The Morgan fingerprint density at radius 1 is 0.966 bits per heavy atom. The van der Waals surface area contributed by atoms with Crippen molar-refractivity contribution >= 4 is 5.78 Å². The molecule has 0 radical (unpaired) electrons. The summed E-state index contributed by atoms with van der Waals surface area (Å²) in [4.78, 5) is 12.2. The number of carbonyl (C=O) groups is 1. The van der Waals surface area contributed by atoms with Crippen LogP contribution in [0.3, 0.4) is 0 Å². The van der Waals surface area contributed by atoms with Crippen molar-refractivity contribution in [1.82, 2.24) is 0 Å². The summed E-state index contributed by atoms with van der Waals surface area (Å²) in [5.41, 5.74) is 0.639. The molecule has 2 unspecified atom stereocenters. The zero-order valence-corrected chi connectivity index (χ0v) is 19.8. The van der Waals surface area contributed by atoms with Crippen LogP contribution in [0.1, 0.15) is 105 Å². The van der Waals surface area contributed by atoms with E-state index >= 15 is 0 Å². The Morgan fingerprint density at radius 3 is 2.45 bits per heavy atom. The van der Waals surface area contributed by atoms with Gasteiger partial charge in [0.1, 0.15) is 5.78 Å². The summed E-state index contributed by atoms with van der Waals surface area (Å²) in [6, 6.07) is 0. The summed E-state index contributed by atoms with van der Waals surface area (Å²) in [5, 5.41) is 11.1. The standard InChI is InChI=1S/C27H46O2/c1-17(2)24(28)14-9-18(3)21-12-13-22-20-11-10-19-7-6-8-25(29)27(19,5)23(20)15-16-26(21,22)4/h17-23,25,29H,6-16H2,1-5H3/t18-,19?,20+,21-,22+,23+,25?,26-,27+/m1/s1. The molecule has 0 bridgehead atoms. The molecule has 0 aliphatic heterocycles. The first kappa shape index (κ1) is 21.8. The number of Topliss-reactive ketones (excluding diaryl/α,β-unsaturated/α-hetero) is 1. The van der Waals surface area contributed by atoms with E-state index in [1.165, 1.54) is 51.4 Å². The number of aliphatic hydroxyl groups is 1. The van der Waals surface area contributed by atoms with Crippen LogP contribution in [0.5, 0.6) is 0 Å². The highest BCUT2D eigenvalue weighted by Gasteiger charge is 2.61. The van der Waals surface area contributed by atoms with Crippen molar-refractivity contribution in [3.05, 3.63) is 0 Å². The van der Waals surface area contributed by atoms with Crippen LogP contribution in [-0.4, -0.2) is 17.0 Å². The molecule has 1 N–H and O–H groups in total. The highest BCUT2D eigenvalue weighted by Crippen LogP contribution is 2.68. The van der Waals surface area contributed by atoms with E-state index in [0.717, 1.165) is 48.9 Å². The highest BCUT2D eigenvalue weighted by molar-refractivity contribution is 5.80. The normalized spacial score (nSPS) is 48.0. The van der Waals surface area contributed by atoms with E-state index in [0.29, 0.717) is 17.1 Å². The lowest BCUT2D eigenvalue weighted by Crippen LogP contribution is -2.57. The zero-order valence-electron chi connectivity index (χ0n) is 19.8. The van der Waals surface area contributed by atoms with Crippen LogP contribution in [0.4, 0.5) is 0 Å². The fourth-order valence-electron chi connectivity index (χ4n) is 9.15. The lowest BCUT2D eigenvalue weighted by molar-refractivity contribution is -0.164. The minimum absolute atomic E-state index is 0.0726. The average molecular weight is 403 g/mol. The Bertz CT molecular complexity index is 612. The van der Waals surface area contributed by atoms with Gasteiger partial charge in [0.15, 0.2) is 0 Å². The van der Waals surface area contributed by atoms with Crippen molar-refractivity contribution in [2.45, 2.75) is 111 Å². The molecular formula is C27H46O2. The third-order valence-corrected chi connectivity index (χ3v) is 11.0. The van der Waals surface area contributed by atoms with Crippen molar-refractivity contribution in [2.75, 3.05) is 0 Å². The van der Waals surface area contributed by atoms with Gasteiger partial charge in [0, 0.05) is 12.3 Å². The molecule has 29 heavy (non-hydrogen) atoms. The molecule has 4 aliphatic carbocycles. The van der Waals surface area contributed by atoms with Crippen molar-refractivity contribution in [2.24, 2.45) is 52.3 Å². The van der Waals surface area contributed by atoms with Crippen LogP contribution in [0, 0.1) is 52.3 Å². The molecular weight excluding hydrogens is 356 g/mol. The lowest BCUT2D eigenvalue weighted by atomic mass is 9.44. The molecule has 0 amide bonds. The maximum absolute atomic E-state index is 12.2. The summed E-state index contributed by atoms with van der Waals surface area (Å²) >= 11 is 0. The molecule has 0 aromatic carbocycles. The molecule has 0 saturated heterocycles. The molecule has 166 valence electrons. The molecule has 4 rings (SSSR count). The molecule has 4 saturated carbocycles. The minimum atomic E-state index is -0.0726. The van der Waals surface area contributed by atoms with E-state index in [2.05, 4.69) is 20.8 Å². The van der Waals surface area contributed by atoms with Gasteiger partial charge in [-0.15, -0.1) is 0 Å². The number of hydrogen-bond acceptors (Lipinski definition) is 2. The Kier molecular flexibility index (Phi) is 5.99. The second-order valence-electron chi connectivity index (χ2n) is 12.3. The van der Waals surface area contributed by atoms with Gasteiger partial charge in [-0.05, 0) is 104 Å². The summed E-state index contributed by atoms with van der Waals surface area (Å²) in [6.07, 6.45) is 13.6. The topological polar surface area (TPSA) is 37.3 Å². The Labute approximate surface area is 179 Å². The molecule has 2 nitrogen and oxygen atoms in total. The van der Waals surface area contributed by atoms with Gasteiger partial charge >= 0.3 is 0 Å². The van der Waals surface area contributed by atoms with E-state index in [4.69, 9.17) is 0 Å². The molecule has 0 aromatic heterocycles. The summed E-state index contributed by atoms with van der Waals surface area (Å²) in [7, 11) is 0. The predicted molar refractivity (Wildman–Crippen MR) is 119 cm³/mol. The van der Waals surface area contributed by atoms with Crippen molar-refractivity contribution < 1.29 is 9.90 Å². The number of aliphatic hydroxyl groups excluding tert-OH is 1. The first-order chi connectivity index (χ1) is 13.7. The highest BCUT2D eigenvalue weighted by atomic mass is 16.3. The Balaban J connectivity index is 1.49. The van der Waals surface area contributed by atoms with E-state index in [9.17, 15) is 9.90 Å². The van der Waals surface area contributed by atoms with Gasteiger partial charge in [-0.25, -0.2) is 0 Å². The largest absolute Gasteiger partial charge is 0.393 e. The third-order valence-electron chi connectivity index (χ3n) is 11.0. The van der Waals surface area contributed by atoms with Crippen molar-refractivity contribution in [3.63, 3.8) is 0 Å². The molecule has 0 heterocycles. The summed E-state index contributed by atoms with van der Waals surface area (Å²) in [5.74, 6) is 5.26. The predicted octanol–water partition coefficient (Wildman–Crippen LogP) is 6.65. The second-order valence-corrected chi connectivity index (χ2v) is 12.3. The number of carbonyl (C=O) groups excluding carboxylic acids is 1. The maximum atomic E-state index is 12.2. The number of fused-ring (bicyclic) bond motifs is 5. The number of ketones is 1. The molecule has 4 fully saturated rings. The minimum Gasteiger partial charge on any atom is -0.393 e. The van der Waals surface area contributed by atoms with Gasteiger partial charge in [0.05, 0.1) is 6.10 Å². The van der Waals surface area contributed by atoms with Gasteiger partial charge in [-0.3, -0.25) is 4.79 Å². The SMILES string of the molecule is CC(C)C(=O)CC[C@@H](C)[C@H]1CC[C@H]2[C@@H]3CCC4CCCC(O)[C@]4(C)[C@H]3CC[C@]12C. The van der Waals surface area contributed by atoms with E-state index in [-0.39, 0.29) is 17.4 Å². The van der Waals surface area contributed by atoms with Gasteiger partial charge in [-0.1, -0.05) is 41.0 Å². The van der Waals surface area contributed by atoms with E-state index in [1.54, 1.807) is 0 Å². The van der Waals surface area contributed by atoms with Crippen LogP contribution in [-0.2, 0) is 4.79 Å². The van der Waals surface area contributed by atoms with E-state index in [1.807, 2.05) is 13.8 Å². The Hall–Kier alpha value is -0.370. The smallest absolute Gasteiger partial charge is 0.135 e. The van der Waals surface area contributed by atoms with Crippen LogP contribution in [0.15, 0.2) is 0 Å². The molecule has 2 heteroatoms. The van der Waals surface area contributed by atoms with E-state index < -0.39 is 0 Å². The summed E-state index contributed by atoms with van der Waals surface area (Å²) < 4.78 is 0. The third kappa shape index (κ3) is 3.44. The maximum Gasteiger partial charge on any atom is 0.135 e. The first-order valence-corrected chi connectivity index (χ1v) is 12.9. The second kappa shape index (κ2) is 7.95. The van der Waals surface area contributed by atoms with Crippen LogP contribution in [0.2, 0.25) is 0 Å². The average Bonchev–Trinajstić information content (AvgIpc) is 3.04. The monoisotopic (exact) mass is 402 g/mol. The number of hydrogen-bond donors (Lipinski definition) is 1. The molecule has 0 aromatic rings. The fraction of sp³-hybridized carbons (Fsp3) is 0.963. The van der Waals surface area contributed by atoms with Crippen LogP contribution >= 0.6 is 0 Å². The van der Waals surface area contributed by atoms with Crippen molar-refractivity contribution in [3.8, 4) is 0 Å². The van der Waals surface area contributed by atoms with Crippen molar-refractivity contribution in [1.29, 1.82) is 0 Å². The number of rotatable bonds is 5. The molecule has 9 atom stereocenters. The van der Waals surface area contributed by atoms with Gasteiger partial charge in [-0.2, -0.15) is 0 Å². The van der Waals surface area contributed by atoms with Gasteiger partial charge in [0.25, 0.3) is 0 Å². The van der Waals surface area contributed by atoms with Gasteiger partial charge < -0.3 is 5.11 Å². The lowest BCUT2D eigenvalue weighted by Gasteiger charge is -2.62. The van der Waals surface area contributed by atoms with Gasteiger partial charge in [0.2, 0.25) is 0 Å². The zero-order chi connectivity index (χ0) is 21.0. The first-order valence-electron chi connectivity index (χ1n) is 12.9. The van der Waals surface area contributed by atoms with Crippen LogP contribution in [0.25, 0.3) is 0 Å². The quantitative estimate of drug-likeness (QED) is 0.559. The molecule has 0 spiro atoms. The van der Waals surface area contributed by atoms with Crippen LogP contribution < -0.4 is 0 Å². The summed E-state index contributed by atoms with van der Waals surface area (Å²) in [6.45, 7) is 11.6.